The van der Waals surface area contributed by atoms with Crippen LogP contribution < -0.4 is 5.73 Å². The summed E-state index contributed by atoms with van der Waals surface area (Å²) in [6.07, 6.45) is 3.84. The van der Waals surface area contributed by atoms with Gasteiger partial charge in [-0.15, -0.1) is 0 Å². The largest absolute Gasteiger partial charge is 0.372 e. The van der Waals surface area contributed by atoms with Gasteiger partial charge >= 0.3 is 0 Å². The van der Waals surface area contributed by atoms with E-state index in [4.69, 9.17) is 10.5 Å². The van der Waals surface area contributed by atoms with Crippen LogP contribution in [-0.2, 0) is 16.9 Å². The predicted octanol–water partition coefficient (Wildman–Crippen LogP) is 1.36. The van der Waals surface area contributed by atoms with Crippen LogP contribution in [0.1, 0.15) is 26.3 Å². The van der Waals surface area contributed by atoms with Crippen LogP contribution in [0.5, 0.6) is 0 Å². The van der Waals surface area contributed by atoms with Gasteiger partial charge in [0.1, 0.15) is 5.60 Å². The lowest BCUT2D eigenvalue weighted by Crippen LogP contribution is -2.33. The lowest BCUT2D eigenvalue weighted by molar-refractivity contribution is 0.00999. The summed E-state index contributed by atoms with van der Waals surface area (Å²) in [5.74, 6) is 0.587. The number of hydrogen-bond acceptors (Lipinski definition) is 3. The molecule has 0 saturated carbocycles. The highest BCUT2D eigenvalue weighted by Gasteiger charge is 2.25. The molecule has 1 atom stereocenters. The molecule has 0 aromatic carbocycles. The van der Waals surface area contributed by atoms with Crippen molar-refractivity contribution in [2.24, 2.45) is 11.7 Å². The first-order valence-corrected chi connectivity index (χ1v) is 5.30. The third kappa shape index (κ3) is 2.79. The molecule has 4 nitrogen and oxygen atoms in total. The molecule has 0 aliphatic carbocycles. The van der Waals surface area contributed by atoms with E-state index in [1.54, 1.807) is 7.11 Å². The zero-order valence-corrected chi connectivity index (χ0v) is 10.0. The molecule has 0 amide bonds. The second-order valence-corrected chi connectivity index (χ2v) is 4.48. The van der Waals surface area contributed by atoms with Gasteiger partial charge in [-0.25, -0.2) is 0 Å². The number of ether oxygens (including phenoxy) is 1. The SMILES string of the molecule is COC(C)(CN)c1cnn(CC(C)C)c1. The van der Waals surface area contributed by atoms with Gasteiger partial charge < -0.3 is 10.5 Å². The Morgan fingerprint density at radius 3 is 2.73 bits per heavy atom. The van der Waals surface area contributed by atoms with Crippen molar-refractivity contribution >= 4 is 0 Å². The maximum atomic E-state index is 5.70. The topological polar surface area (TPSA) is 53.1 Å². The summed E-state index contributed by atoms with van der Waals surface area (Å²) in [6, 6.07) is 0. The number of nitrogens with two attached hydrogens (primary N) is 1. The van der Waals surface area contributed by atoms with Crippen LogP contribution in [0.15, 0.2) is 12.4 Å². The molecule has 15 heavy (non-hydrogen) atoms. The molecule has 0 fully saturated rings. The van der Waals surface area contributed by atoms with Gasteiger partial charge in [-0.05, 0) is 12.8 Å². The molecular formula is C11H21N3O. The second kappa shape index (κ2) is 4.77. The zero-order chi connectivity index (χ0) is 11.5. The molecule has 4 heteroatoms. The Kier molecular flexibility index (Phi) is 3.88. The summed E-state index contributed by atoms with van der Waals surface area (Å²) < 4.78 is 7.35. The van der Waals surface area contributed by atoms with Crippen molar-refractivity contribution in [3.8, 4) is 0 Å². The number of hydrogen-bond donors (Lipinski definition) is 1. The van der Waals surface area contributed by atoms with Crippen LogP contribution in [0.3, 0.4) is 0 Å². The van der Waals surface area contributed by atoms with E-state index in [2.05, 4.69) is 18.9 Å². The van der Waals surface area contributed by atoms with Gasteiger partial charge in [0.05, 0.1) is 6.20 Å². The minimum atomic E-state index is -0.421. The van der Waals surface area contributed by atoms with Crippen molar-refractivity contribution in [2.45, 2.75) is 32.9 Å². The van der Waals surface area contributed by atoms with E-state index >= 15 is 0 Å². The standard InChI is InChI=1S/C11H21N3O/c1-9(2)6-14-7-10(5-13-14)11(3,8-12)15-4/h5,7,9H,6,8,12H2,1-4H3. The van der Waals surface area contributed by atoms with Crippen molar-refractivity contribution in [1.29, 1.82) is 0 Å². The number of methoxy groups -OCH3 is 1. The van der Waals surface area contributed by atoms with Crippen molar-refractivity contribution in [3.63, 3.8) is 0 Å². The monoisotopic (exact) mass is 211 g/mol. The number of nitrogens with zero attached hydrogens (tertiary/aromatic N) is 2. The Labute approximate surface area is 91.4 Å². The molecule has 2 N–H and O–H groups in total. The fraction of sp³-hybridized carbons (Fsp3) is 0.727. The molecular weight excluding hydrogens is 190 g/mol. The van der Waals surface area contributed by atoms with Gasteiger partial charge in [-0.2, -0.15) is 5.10 Å². The fourth-order valence-electron chi connectivity index (χ4n) is 1.43. The van der Waals surface area contributed by atoms with E-state index < -0.39 is 5.60 Å². The maximum Gasteiger partial charge on any atom is 0.105 e. The van der Waals surface area contributed by atoms with Crippen molar-refractivity contribution in [2.75, 3.05) is 13.7 Å². The molecule has 1 heterocycles. The molecule has 0 saturated heterocycles. The lowest BCUT2D eigenvalue weighted by Gasteiger charge is -2.24. The molecule has 0 aliphatic rings. The molecule has 0 spiro atoms. The van der Waals surface area contributed by atoms with E-state index in [9.17, 15) is 0 Å². The first kappa shape index (κ1) is 12.2. The number of aromatic nitrogens is 2. The molecule has 1 aromatic rings. The van der Waals surface area contributed by atoms with Crippen LogP contribution in [0.2, 0.25) is 0 Å². The van der Waals surface area contributed by atoms with Crippen LogP contribution in [-0.4, -0.2) is 23.4 Å². The van der Waals surface area contributed by atoms with Gasteiger partial charge in [-0.3, -0.25) is 4.68 Å². The van der Waals surface area contributed by atoms with Crippen molar-refractivity contribution < 1.29 is 4.74 Å². The molecule has 0 aliphatic heterocycles. The molecule has 86 valence electrons. The first-order chi connectivity index (χ1) is 7.01. The molecule has 1 rings (SSSR count). The highest BCUT2D eigenvalue weighted by molar-refractivity contribution is 5.15. The van der Waals surface area contributed by atoms with Gasteiger partial charge in [0, 0.05) is 32.0 Å². The van der Waals surface area contributed by atoms with Gasteiger partial charge in [0.25, 0.3) is 0 Å². The summed E-state index contributed by atoms with van der Waals surface area (Å²) in [7, 11) is 1.67. The van der Waals surface area contributed by atoms with E-state index in [1.807, 2.05) is 24.0 Å². The summed E-state index contributed by atoms with van der Waals surface area (Å²) in [6.45, 7) is 7.69. The fourth-order valence-corrected chi connectivity index (χ4v) is 1.43. The third-order valence-electron chi connectivity index (χ3n) is 2.64. The first-order valence-electron chi connectivity index (χ1n) is 5.30. The quantitative estimate of drug-likeness (QED) is 0.800. The Balaban J connectivity index is 2.83. The maximum absolute atomic E-state index is 5.70. The lowest BCUT2D eigenvalue weighted by atomic mass is 10.00. The summed E-state index contributed by atoms with van der Waals surface area (Å²) >= 11 is 0. The van der Waals surface area contributed by atoms with Crippen molar-refractivity contribution in [1.82, 2.24) is 9.78 Å². The average molecular weight is 211 g/mol. The van der Waals surface area contributed by atoms with Crippen molar-refractivity contribution in [3.05, 3.63) is 18.0 Å². The highest BCUT2D eigenvalue weighted by atomic mass is 16.5. The zero-order valence-electron chi connectivity index (χ0n) is 10.0. The molecule has 1 aromatic heterocycles. The predicted molar refractivity (Wildman–Crippen MR) is 60.5 cm³/mol. The summed E-state index contributed by atoms with van der Waals surface area (Å²) in [4.78, 5) is 0. The van der Waals surface area contributed by atoms with E-state index in [1.165, 1.54) is 0 Å². The van der Waals surface area contributed by atoms with Gasteiger partial charge in [0.2, 0.25) is 0 Å². The minimum absolute atomic E-state index is 0.421. The van der Waals surface area contributed by atoms with Gasteiger partial charge in [0.15, 0.2) is 0 Å². The average Bonchev–Trinajstić information content (AvgIpc) is 2.64. The highest BCUT2D eigenvalue weighted by Crippen LogP contribution is 2.22. The van der Waals surface area contributed by atoms with Crippen LogP contribution in [0.25, 0.3) is 0 Å². The number of rotatable bonds is 5. The Hall–Kier alpha value is -0.870. The second-order valence-electron chi connectivity index (χ2n) is 4.48. The molecule has 0 bridgehead atoms. The molecule has 1 unspecified atom stereocenters. The Bertz CT molecular complexity index is 303. The van der Waals surface area contributed by atoms with E-state index in [-0.39, 0.29) is 0 Å². The Morgan fingerprint density at radius 2 is 2.27 bits per heavy atom. The summed E-state index contributed by atoms with van der Waals surface area (Å²) in [5, 5.41) is 4.30. The minimum Gasteiger partial charge on any atom is -0.372 e. The van der Waals surface area contributed by atoms with Crippen LogP contribution in [0.4, 0.5) is 0 Å². The van der Waals surface area contributed by atoms with Crippen LogP contribution >= 0.6 is 0 Å². The third-order valence-corrected chi connectivity index (χ3v) is 2.64. The van der Waals surface area contributed by atoms with Gasteiger partial charge in [-0.1, -0.05) is 13.8 Å². The van der Waals surface area contributed by atoms with E-state index in [0.717, 1.165) is 12.1 Å². The molecule has 0 radical (unpaired) electrons. The van der Waals surface area contributed by atoms with Crippen LogP contribution in [0, 0.1) is 5.92 Å². The summed E-state index contributed by atoms with van der Waals surface area (Å²) in [5.41, 5.74) is 6.31. The van der Waals surface area contributed by atoms with E-state index in [0.29, 0.717) is 12.5 Å². The normalized spacial score (nSPS) is 15.6. The Morgan fingerprint density at radius 1 is 1.60 bits per heavy atom. The smallest absolute Gasteiger partial charge is 0.105 e.